The van der Waals surface area contributed by atoms with Gasteiger partial charge in [0.25, 0.3) is 5.91 Å². The summed E-state index contributed by atoms with van der Waals surface area (Å²) in [6.45, 7) is 5.04. The van der Waals surface area contributed by atoms with Crippen molar-refractivity contribution in [2.45, 2.75) is 32.9 Å². The number of amides is 1. The molecule has 1 aliphatic heterocycles. The minimum absolute atomic E-state index is 0. The first-order valence-corrected chi connectivity index (χ1v) is 10.5. The smallest absolute Gasteiger partial charge is 0.296 e. The van der Waals surface area contributed by atoms with Gasteiger partial charge < -0.3 is 14.0 Å². The molecule has 0 spiro atoms. The molecule has 0 unspecified atom stereocenters. The average molecular weight is 464 g/mol. The molecule has 1 amide bonds. The molecule has 0 saturated heterocycles. The Bertz CT molecular complexity index is 1070. The van der Waals surface area contributed by atoms with Crippen LogP contribution in [-0.2, 0) is 29.0 Å². The van der Waals surface area contributed by atoms with Crippen LogP contribution in [0.4, 0.5) is 4.39 Å². The number of pyridine rings is 1. The zero-order valence-corrected chi connectivity index (χ0v) is 18.7. The molecule has 2 aromatic heterocycles. The molecule has 0 radical (unpaired) electrons. The van der Waals surface area contributed by atoms with Gasteiger partial charge in [-0.1, -0.05) is 12.1 Å². The highest BCUT2D eigenvalue weighted by Crippen LogP contribution is 2.31. The molecule has 0 atom stereocenters. The van der Waals surface area contributed by atoms with Crippen LogP contribution in [0.15, 0.2) is 36.7 Å². The summed E-state index contributed by atoms with van der Waals surface area (Å²) >= 11 is 0. The van der Waals surface area contributed by atoms with Gasteiger partial charge >= 0.3 is 0 Å². The average Bonchev–Trinajstić information content (AvgIpc) is 3.12. The normalized spacial score (nSPS) is 13.3. The van der Waals surface area contributed by atoms with Crippen molar-refractivity contribution in [1.82, 2.24) is 14.6 Å². The molecule has 1 aliphatic rings. The highest BCUT2D eigenvalue weighted by atomic mass is 35.5. The van der Waals surface area contributed by atoms with Crippen LogP contribution in [0, 0.1) is 5.82 Å². The highest BCUT2D eigenvalue weighted by Gasteiger charge is 2.28. The SMILES string of the molecule is CCOCCCOCc1cn(Cc2ccc(F)cc2)c2cnc3c(c12)CCN(O)C3=O.Cl. The Hall–Kier alpha value is -2.52. The molecule has 172 valence electrons. The summed E-state index contributed by atoms with van der Waals surface area (Å²) in [6, 6.07) is 6.39. The monoisotopic (exact) mass is 463 g/mol. The topological polar surface area (TPSA) is 76.8 Å². The number of carbonyl (C=O) groups is 1. The van der Waals surface area contributed by atoms with Crippen LogP contribution >= 0.6 is 12.4 Å². The number of ether oxygens (including phenoxy) is 2. The van der Waals surface area contributed by atoms with Crippen molar-refractivity contribution in [2.75, 3.05) is 26.4 Å². The van der Waals surface area contributed by atoms with Gasteiger partial charge in [-0.2, -0.15) is 0 Å². The van der Waals surface area contributed by atoms with Gasteiger partial charge in [-0.15, -0.1) is 12.4 Å². The number of aromatic nitrogens is 2. The van der Waals surface area contributed by atoms with E-state index in [9.17, 15) is 14.4 Å². The van der Waals surface area contributed by atoms with Gasteiger partial charge in [0, 0.05) is 43.5 Å². The Kier molecular flexibility index (Phi) is 8.20. The summed E-state index contributed by atoms with van der Waals surface area (Å²) in [4.78, 5) is 16.7. The van der Waals surface area contributed by atoms with Gasteiger partial charge in [0.2, 0.25) is 0 Å². The lowest BCUT2D eigenvalue weighted by molar-refractivity contribution is -0.0606. The van der Waals surface area contributed by atoms with E-state index in [2.05, 4.69) is 4.98 Å². The predicted octanol–water partition coefficient (Wildman–Crippen LogP) is 3.98. The Morgan fingerprint density at radius 3 is 2.69 bits per heavy atom. The lowest BCUT2D eigenvalue weighted by Crippen LogP contribution is -2.35. The second kappa shape index (κ2) is 10.9. The standard InChI is InChI=1S/C23H26FN3O4.ClH/c1-2-30-10-3-11-31-15-17-14-26(13-16-4-6-18(24)7-5-16)20-12-25-22-19(21(17)20)8-9-27(29)23(22)28;/h4-7,12,14,29H,2-3,8-11,13,15H2,1H3;1H. The van der Waals surface area contributed by atoms with Gasteiger partial charge in [-0.25, -0.2) is 14.4 Å². The minimum atomic E-state index is -0.488. The molecule has 0 fully saturated rings. The van der Waals surface area contributed by atoms with Crippen LogP contribution in [-0.4, -0.2) is 52.1 Å². The maximum absolute atomic E-state index is 13.3. The number of fused-ring (bicyclic) bond motifs is 3. The van der Waals surface area contributed by atoms with Crippen LogP contribution in [0.1, 0.15) is 40.5 Å². The molecule has 0 bridgehead atoms. The molecule has 4 rings (SSSR count). The summed E-state index contributed by atoms with van der Waals surface area (Å²) in [5, 5.41) is 11.5. The molecular formula is C23H27ClFN3O4. The first-order valence-electron chi connectivity index (χ1n) is 10.5. The molecule has 0 aliphatic carbocycles. The molecule has 3 heterocycles. The highest BCUT2D eigenvalue weighted by molar-refractivity contribution is 6.00. The second-order valence-electron chi connectivity index (χ2n) is 7.54. The fourth-order valence-corrected chi connectivity index (χ4v) is 3.92. The lowest BCUT2D eigenvalue weighted by atomic mass is 9.99. The van der Waals surface area contributed by atoms with Crippen molar-refractivity contribution in [3.8, 4) is 0 Å². The van der Waals surface area contributed by atoms with E-state index in [1.807, 2.05) is 17.7 Å². The van der Waals surface area contributed by atoms with Crippen molar-refractivity contribution < 1.29 is 23.9 Å². The first kappa shape index (κ1) is 24.1. The summed E-state index contributed by atoms with van der Waals surface area (Å²) in [7, 11) is 0. The number of halogens is 2. The maximum atomic E-state index is 13.3. The van der Waals surface area contributed by atoms with Crippen LogP contribution < -0.4 is 0 Å². The third-order valence-electron chi connectivity index (χ3n) is 5.42. The minimum Gasteiger partial charge on any atom is -0.382 e. The van der Waals surface area contributed by atoms with Crippen LogP contribution in [0.3, 0.4) is 0 Å². The summed E-state index contributed by atoms with van der Waals surface area (Å²) < 4.78 is 26.6. The zero-order chi connectivity index (χ0) is 21.8. The molecule has 3 aromatic rings. The molecule has 7 nitrogen and oxygen atoms in total. The zero-order valence-electron chi connectivity index (χ0n) is 17.9. The Balaban J connectivity index is 0.00000289. The van der Waals surface area contributed by atoms with Gasteiger partial charge in [0.1, 0.15) is 11.5 Å². The van der Waals surface area contributed by atoms with Gasteiger partial charge in [-0.3, -0.25) is 10.0 Å². The molecular weight excluding hydrogens is 437 g/mol. The summed E-state index contributed by atoms with van der Waals surface area (Å²) in [6.07, 6.45) is 4.99. The number of carbonyl (C=O) groups excluding carboxylic acids is 1. The first-order chi connectivity index (χ1) is 15.1. The fraction of sp³-hybridized carbons (Fsp3) is 0.391. The van der Waals surface area contributed by atoms with Crippen molar-refractivity contribution in [1.29, 1.82) is 0 Å². The molecule has 32 heavy (non-hydrogen) atoms. The Labute approximate surface area is 192 Å². The fourth-order valence-electron chi connectivity index (χ4n) is 3.92. The quantitative estimate of drug-likeness (QED) is 0.383. The van der Waals surface area contributed by atoms with Crippen molar-refractivity contribution in [2.24, 2.45) is 0 Å². The Morgan fingerprint density at radius 1 is 1.19 bits per heavy atom. The van der Waals surface area contributed by atoms with E-state index in [-0.39, 0.29) is 30.5 Å². The number of hydrogen-bond donors (Lipinski definition) is 1. The van der Waals surface area contributed by atoms with E-state index in [0.717, 1.165) is 34.0 Å². The van der Waals surface area contributed by atoms with Gasteiger partial charge in [-0.05, 0) is 43.0 Å². The van der Waals surface area contributed by atoms with E-state index in [1.165, 1.54) is 12.1 Å². The lowest BCUT2D eigenvalue weighted by Gasteiger charge is -2.23. The van der Waals surface area contributed by atoms with Gasteiger partial charge in [0.15, 0.2) is 0 Å². The van der Waals surface area contributed by atoms with E-state index in [1.54, 1.807) is 18.3 Å². The summed E-state index contributed by atoms with van der Waals surface area (Å²) in [5.74, 6) is -0.761. The van der Waals surface area contributed by atoms with E-state index >= 15 is 0 Å². The molecule has 1 N–H and O–H groups in total. The third kappa shape index (κ3) is 5.10. The van der Waals surface area contributed by atoms with Crippen molar-refractivity contribution in [3.05, 3.63) is 64.9 Å². The molecule has 0 saturated carbocycles. The van der Waals surface area contributed by atoms with E-state index in [0.29, 0.717) is 44.5 Å². The second-order valence-corrected chi connectivity index (χ2v) is 7.54. The number of benzene rings is 1. The largest absolute Gasteiger partial charge is 0.382 e. The van der Waals surface area contributed by atoms with Crippen LogP contribution in [0.25, 0.3) is 10.9 Å². The molecule has 9 heteroatoms. The molecule has 1 aromatic carbocycles. The number of rotatable bonds is 9. The van der Waals surface area contributed by atoms with Crippen LogP contribution in [0.2, 0.25) is 0 Å². The summed E-state index contributed by atoms with van der Waals surface area (Å²) in [5.41, 5.74) is 3.91. The van der Waals surface area contributed by atoms with Gasteiger partial charge in [0.05, 0.1) is 24.9 Å². The number of hydrogen-bond acceptors (Lipinski definition) is 5. The number of hydroxylamine groups is 2. The van der Waals surface area contributed by atoms with Crippen LogP contribution in [0.5, 0.6) is 0 Å². The van der Waals surface area contributed by atoms with Crippen molar-refractivity contribution >= 4 is 29.2 Å². The van der Waals surface area contributed by atoms with E-state index < -0.39 is 5.91 Å². The predicted molar refractivity (Wildman–Crippen MR) is 120 cm³/mol. The third-order valence-corrected chi connectivity index (χ3v) is 5.42. The van der Waals surface area contributed by atoms with Crippen molar-refractivity contribution in [3.63, 3.8) is 0 Å². The van der Waals surface area contributed by atoms with E-state index in [4.69, 9.17) is 9.47 Å². The maximum Gasteiger partial charge on any atom is 0.296 e. The number of nitrogens with zero attached hydrogens (tertiary/aromatic N) is 3. The Morgan fingerprint density at radius 2 is 1.94 bits per heavy atom.